The van der Waals surface area contributed by atoms with Crippen LogP contribution < -0.4 is 0 Å². The van der Waals surface area contributed by atoms with Crippen LogP contribution in [0.25, 0.3) is 6.08 Å². The molecule has 1 atom stereocenters. The van der Waals surface area contributed by atoms with Gasteiger partial charge in [-0.05, 0) is 35.0 Å². The molecule has 1 fully saturated rings. The molecule has 100 valence electrons. The Morgan fingerprint density at radius 3 is 2.74 bits per heavy atom. The molecule has 1 aliphatic rings. The maximum atomic E-state index is 5.56. The maximum Gasteiger partial charge on any atom is 0.0644 e. The summed E-state index contributed by atoms with van der Waals surface area (Å²) in [6.45, 7) is 9.68. The molecule has 1 aromatic rings. The van der Waals surface area contributed by atoms with E-state index in [1.165, 1.54) is 11.1 Å². The Kier molecular flexibility index (Phi) is 4.42. The molecule has 0 saturated heterocycles. The second-order valence-electron chi connectivity index (χ2n) is 5.63. The van der Waals surface area contributed by atoms with Gasteiger partial charge in [0.2, 0.25) is 0 Å². The van der Waals surface area contributed by atoms with E-state index in [4.69, 9.17) is 4.74 Å². The van der Waals surface area contributed by atoms with E-state index in [9.17, 15) is 0 Å². The molecule has 0 amide bonds. The molecule has 1 nitrogen and oxygen atoms in total. The quantitative estimate of drug-likeness (QED) is 0.428. The van der Waals surface area contributed by atoms with Gasteiger partial charge in [-0.25, -0.2) is 0 Å². The Balaban J connectivity index is 2.00. The first-order valence-electron chi connectivity index (χ1n) is 6.84. The van der Waals surface area contributed by atoms with Crippen LogP contribution in [0.2, 0.25) is 0 Å². The monoisotopic (exact) mass is 254 g/mol. The molecule has 1 heteroatoms. The van der Waals surface area contributed by atoms with Gasteiger partial charge < -0.3 is 4.74 Å². The number of hydrogen-bond acceptors (Lipinski definition) is 1. The van der Waals surface area contributed by atoms with Crippen LogP contribution in [0.1, 0.15) is 25.8 Å². The van der Waals surface area contributed by atoms with Crippen molar-refractivity contribution in [2.24, 2.45) is 11.3 Å². The van der Waals surface area contributed by atoms with Gasteiger partial charge in [-0.1, -0.05) is 50.3 Å². The predicted molar refractivity (Wildman–Crippen MR) is 80.8 cm³/mol. The lowest BCUT2D eigenvalue weighted by atomic mass is 9.59. The zero-order chi connectivity index (χ0) is 13.7. The Bertz CT molecular complexity index is 490. The zero-order valence-corrected chi connectivity index (χ0v) is 11.9. The van der Waals surface area contributed by atoms with Gasteiger partial charge >= 0.3 is 0 Å². The smallest absolute Gasteiger partial charge is 0.0644 e. The summed E-state index contributed by atoms with van der Waals surface area (Å²) in [6.07, 6.45) is 4.98. The van der Waals surface area contributed by atoms with Crippen LogP contribution >= 0.6 is 0 Å². The van der Waals surface area contributed by atoms with E-state index in [0.29, 0.717) is 12.5 Å². The summed E-state index contributed by atoms with van der Waals surface area (Å²) in [7, 11) is 0. The molecule has 1 saturated carbocycles. The normalized spacial score (nSPS) is 20.3. The largest absolute Gasteiger partial charge is 0.377 e. The minimum atomic E-state index is 0.201. The van der Waals surface area contributed by atoms with Gasteiger partial charge in [-0.3, -0.25) is 0 Å². The van der Waals surface area contributed by atoms with E-state index in [1.807, 2.05) is 6.07 Å². The lowest BCUT2D eigenvalue weighted by Crippen LogP contribution is -2.40. The summed E-state index contributed by atoms with van der Waals surface area (Å²) >= 11 is 0. The van der Waals surface area contributed by atoms with Crippen LogP contribution in [0.3, 0.4) is 0 Å². The van der Waals surface area contributed by atoms with Gasteiger partial charge in [0, 0.05) is 0 Å². The number of hydrogen-bond donors (Lipinski definition) is 0. The Morgan fingerprint density at radius 2 is 2.11 bits per heavy atom. The second-order valence-corrected chi connectivity index (χ2v) is 5.63. The average molecular weight is 254 g/mol. The first-order chi connectivity index (χ1) is 9.14. The van der Waals surface area contributed by atoms with Crippen LogP contribution in [0.15, 0.2) is 54.3 Å². The Hall–Kier alpha value is -1.56. The van der Waals surface area contributed by atoms with Gasteiger partial charge in [0.15, 0.2) is 0 Å². The van der Waals surface area contributed by atoms with Gasteiger partial charge in [0.25, 0.3) is 0 Å². The highest BCUT2D eigenvalue weighted by molar-refractivity contribution is 5.50. The minimum Gasteiger partial charge on any atom is -0.377 e. The molecule has 19 heavy (non-hydrogen) atoms. The highest BCUT2D eigenvalue weighted by Crippen LogP contribution is 2.50. The van der Waals surface area contributed by atoms with Crippen LogP contribution in [0.5, 0.6) is 0 Å². The molecule has 0 aliphatic heterocycles. The van der Waals surface area contributed by atoms with Crippen LogP contribution in [0, 0.1) is 11.3 Å². The number of allylic oxidation sites excluding steroid dienone is 1. The van der Waals surface area contributed by atoms with Crippen molar-refractivity contribution in [1.29, 1.82) is 0 Å². The maximum absolute atomic E-state index is 5.56. The topological polar surface area (TPSA) is 9.23 Å². The molecule has 1 unspecified atom stereocenters. The van der Waals surface area contributed by atoms with Crippen molar-refractivity contribution in [1.82, 2.24) is 0 Å². The molecule has 0 radical (unpaired) electrons. The zero-order valence-electron chi connectivity index (χ0n) is 11.9. The molecule has 1 aliphatic carbocycles. The Morgan fingerprint density at radius 1 is 1.37 bits per heavy atom. The number of ether oxygens (including phenoxy) is 1. The van der Waals surface area contributed by atoms with Crippen molar-refractivity contribution >= 4 is 6.08 Å². The van der Waals surface area contributed by atoms with Crippen LogP contribution in [-0.4, -0.2) is 13.2 Å². The second kappa shape index (κ2) is 6.06. The van der Waals surface area contributed by atoms with Gasteiger partial charge in [-0.2, -0.15) is 0 Å². The van der Waals surface area contributed by atoms with Crippen LogP contribution in [0.4, 0.5) is 0 Å². The number of rotatable bonds is 5. The summed E-state index contributed by atoms with van der Waals surface area (Å²) < 4.78 is 5.56. The molecule has 0 N–H and O–H groups in total. The van der Waals surface area contributed by atoms with Gasteiger partial charge in [0.1, 0.15) is 0 Å². The van der Waals surface area contributed by atoms with E-state index < -0.39 is 0 Å². The van der Waals surface area contributed by atoms with E-state index in [0.717, 1.165) is 13.0 Å². The molecule has 0 heterocycles. The van der Waals surface area contributed by atoms with Gasteiger partial charge in [-0.15, -0.1) is 12.3 Å². The van der Waals surface area contributed by atoms with Crippen molar-refractivity contribution in [3.05, 3.63) is 59.9 Å². The fraction of sp³-hybridized carbons (Fsp3) is 0.389. The highest BCUT2D eigenvalue weighted by Gasteiger charge is 2.43. The van der Waals surface area contributed by atoms with Gasteiger partial charge in [0.05, 0.1) is 13.2 Å². The Labute approximate surface area is 116 Å². The van der Waals surface area contributed by atoms with E-state index in [-0.39, 0.29) is 5.41 Å². The molecular formula is C18H22O. The first kappa shape index (κ1) is 13.9. The fourth-order valence-corrected chi connectivity index (χ4v) is 2.41. The van der Waals surface area contributed by atoms with Crippen molar-refractivity contribution in [2.45, 2.75) is 20.3 Å². The summed E-state index contributed by atoms with van der Waals surface area (Å²) in [5, 5.41) is 0. The standard InChI is InChI=1S/C18H22O/c1-4-12-19-14-17-13-16(18(17,2)3)11-10-15-8-6-5-7-9-15/h4-10,17H,1,12-14H2,2-3H3. The average Bonchev–Trinajstić information content (AvgIpc) is 2.42. The van der Waals surface area contributed by atoms with Crippen molar-refractivity contribution in [2.75, 3.05) is 13.2 Å². The number of benzene rings is 1. The van der Waals surface area contributed by atoms with E-state index in [2.05, 4.69) is 56.5 Å². The van der Waals surface area contributed by atoms with E-state index in [1.54, 1.807) is 6.08 Å². The molecule has 0 aromatic heterocycles. The summed E-state index contributed by atoms with van der Waals surface area (Å²) in [4.78, 5) is 0. The van der Waals surface area contributed by atoms with Crippen LogP contribution in [-0.2, 0) is 4.74 Å². The summed E-state index contributed by atoms with van der Waals surface area (Å²) in [5.74, 6) is 0.596. The third-order valence-electron chi connectivity index (χ3n) is 4.02. The molecule has 0 bridgehead atoms. The van der Waals surface area contributed by atoms with Crippen molar-refractivity contribution in [3.63, 3.8) is 0 Å². The third-order valence-corrected chi connectivity index (χ3v) is 4.02. The summed E-state index contributed by atoms with van der Waals surface area (Å²) in [6, 6.07) is 10.3. The SMILES string of the molecule is C=CCOCC1CC(=C=Cc2ccccc2)C1(C)C. The summed E-state index contributed by atoms with van der Waals surface area (Å²) in [5.41, 5.74) is 6.26. The molecule has 0 spiro atoms. The molecular weight excluding hydrogens is 232 g/mol. The minimum absolute atomic E-state index is 0.201. The van der Waals surface area contributed by atoms with E-state index >= 15 is 0 Å². The first-order valence-corrected chi connectivity index (χ1v) is 6.84. The lowest BCUT2D eigenvalue weighted by molar-refractivity contribution is 0.0403. The van der Waals surface area contributed by atoms with Crippen molar-refractivity contribution in [3.8, 4) is 0 Å². The lowest BCUT2D eigenvalue weighted by Gasteiger charge is -2.46. The predicted octanol–water partition coefficient (Wildman–Crippen LogP) is 4.47. The molecule has 1 aromatic carbocycles. The highest BCUT2D eigenvalue weighted by atomic mass is 16.5. The fourth-order valence-electron chi connectivity index (χ4n) is 2.41. The molecule has 2 rings (SSSR count). The van der Waals surface area contributed by atoms with Crippen molar-refractivity contribution < 1.29 is 4.74 Å². The third kappa shape index (κ3) is 3.26.